The fourth-order valence-electron chi connectivity index (χ4n) is 1.65. The molecule has 4 heteroatoms. The molecule has 1 heterocycles. The van der Waals surface area contributed by atoms with E-state index in [1.807, 2.05) is 6.07 Å². The summed E-state index contributed by atoms with van der Waals surface area (Å²) in [7, 11) is 1.54. The molecule has 0 radical (unpaired) electrons. The monoisotopic (exact) mass is 263 g/mol. The van der Waals surface area contributed by atoms with Gasteiger partial charge in [-0.25, -0.2) is 9.37 Å². The third-order valence-corrected chi connectivity index (χ3v) is 2.75. The molecule has 2 nitrogen and oxygen atoms in total. The predicted molar refractivity (Wildman–Crippen MR) is 70.7 cm³/mol. The average molecular weight is 264 g/mol. The highest BCUT2D eigenvalue weighted by molar-refractivity contribution is 6.31. The van der Waals surface area contributed by atoms with Gasteiger partial charge in [0.05, 0.1) is 13.4 Å². The van der Waals surface area contributed by atoms with E-state index in [0.717, 1.165) is 11.1 Å². The van der Waals surface area contributed by atoms with Crippen molar-refractivity contribution in [3.63, 3.8) is 0 Å². The molecular formula is C14H11ClFNO. The topological polar surface area (TPSA) is 22.1 Å². The first-order valence-corrected chi connectivity index (χ1v) is 5.70. The van der Waals surface area contributed by atoms with Crippen molar-refractivity contribution in [3.05, 3.63) is 59.3 Å². The zero-order valence-electron chi connectivity index (χ0n) is 9.73. The summed E-state index contributed by atoms with van der Waals surface area (Å²) in [6.45, 7) is 0. The summed E-state index contributed by atoms with van der Waals surface area (Å²) in [6, 6.07) is 8.12. The van der Waals surface area contributed by atoms with Crippen molar-refractivity contribution in [1.29, 1.82) is 0 Å². The molecule has 0 aliphatic rings. The molecule has 1 aromatic carbocycles. The number of halogens is 2. The van der Waals surface area contributed by atoms with Crippen LogP contribution >= 0.6 is 11.6 Å². The van der Waals surface area contributed by atoms with E-state index >= 15 is 0 Å². The van der Waals surface area contributed by atoms with Crippen LogP contribution in [0.5, 0.6) is 0 Å². The Morgan fingerprint density at radius 3 is 2.89 bits per heavy atom. The highest BCUT2D eigenvalue weighted by atomic mass is 35.5. The van der Waals surface area contributed by atoms with Crippen molar-refractivity contribution in [2.45, 2.75) is 0 Å². The van der Waals surface area contributed by atoms with E-state index in [4.69, 9.17) is 16.3 Å². The first-order chi connectivity index (χ1) is 8.72. The summed E-state index contributed by atoms with van der Waals surface area (Å²) >= 11 is 6.04. The zero-order valence-corrected chi connectivity index (χ0v) is 10.5. The van der Waals surface area contributed by atoms with Crippen LogP contribution in [0.3, 0.4) is 0 Å². The molecule has 0 atom stereocenters. The van der Waals surface area contributed by atoms with Gasteiger partial charge in [-0.05, 0) is 35.4 Å². The van der Waals surface area contributed by atoms with Crippen molar-refractivity contribution in [2.75, 3.05) is 7.11 Å². The molecule has 0 aliphatic carbocycles. The van der Waals surface area contributed by atoms with Gasteiger partial charge < -0.3 is 4.74 Å². The summed E-state index contributed by atoms with van der Waals surface area (Å²) in [4.78, 5) is 4.01. The van der Waals surface area contributed by atoms with E-state index in [9.17, 15) is 4.39 Å². The van der Waals surface area contributed by atoms with Crippen molar-refractivity contribution in [2.24, 2.45) is 0 Å². The Bertz CT molecular complexity index is 584. The number of rotatable bonds is 3. The SMILES string of the molecule is CO/C=C/c1c(-c2cccc(F)c2)ccnc1Cl. The second kappa shape index (κ2) is 5.65. The maximum absolute atomic E-state index is 13.2. The molecular weight excluding hydrogens is 253 g/mol. The Balaban J connectivity index is 2.57. The van der Waals surface area contributed by atoms with Crippen molar-refractivity contribution in [3.8, 4) is 11.1 Å². The summed E-state index contributed by atoms with van der Waals surface area (Å²) in [5.74, 6) is -0.290. The van der Waals surface area contributed by atoms with Gasteiger partial charge in [0.15, 0.2) is 0 Å². The fraction of sp³-hybridized carbons (Fsp3) is 0.0714. The Labute approximate surface area is 110 Å². The van der Waals surface area contributed by atoms with E-state index in [1.165, 1.54) is 18.4 Å². The quantitative estimate of drug-likeness (QED) is 0.613. The van der Waals surface area contributed by atoms with Crippen LogP contribution in [0.4, 0.5) is 4.39 Å². The van der Waals surface area contributed by atoms with Gasteiger partial charge in [0.1, 0.15) is 11.0 Å². The lowest BCUT2D eigenvalue weighted by molar-refractivity contribution is 0.341. The molecule has 0 aliphatic heterocycles. The second-order valence-electron chi connectivity index (χ2n) is 3.61. The van der Waals surface area contributed by atoms with E-state index in [2.05, 4.69) is 4.98 Å². The molecule has 0 amide bonds. The Kier molecular flexibility index (Phi) is 3.95. The number of benzene rings is 1. The van der Waals surface area contributed by atoms with Crippen LogP contribution in [0.15, 0.2) is 42.8 Å². The van der Waals surface area contributed by atoms with Gasteiger partial charge in [0.25, 0.3) is 0 Å². The molecule has 0 saturated heterocycles. The Hall–Kier alpha value is -1.87. The minimum absolute atomic E-state index is 0.290. The number of pyridine rings is 1. The van der Waals surface area contributed by atoms with Gasteiger partial charge in [-0.2, -0.15) is 0 Å². The van der Waals surface area contributed by atoms with Crippen LogP contribution < -0.4 is 0 Å². The predicted octanol–water partition coefficient (Wildman–Crippen LogP) is 4.16. The third kappa shape index (κ3) is 2.68. The van der Waals surface area contributed by atoms with Gasteiger partial charge in [0.2, 0.25) is 0 Å². The summed E-state index contributed by atoms with van der Waals surface area (Å²) in [5, 5.41) is 0.352. The lowest BCUT2D eigenvalue weighted by Gasteiger charge is -2.07. The first kappa shape index (κ1) is 12.6. The largest absolute Gasteiger partial charge is 0.504 e. The van der Waals surface area contributed by atoms with Crippen LogP contribution in [0.1, 0.15) is 5.56 Å². The maximum atomic E-state index is 13.2. The molecule has 1 aromatic heterocycles. The fourth-order valence-corrected chi connectivity index (χ4v) is 1.87. The lowest BCUT2D eigenvalue weighted by atomic mass is 10.0. The van der Waals surface area contributed by atoms with Gasteiger partial charge >= 0.3 is 0 Å². The second-order valence-corrected chi connectivity index (χ2v) is 3.97. The molecule has 92 valence electrons. The van der Waals surface area contributed by atoms with Crippen LogP contribution in [0, 0.1) is 5.82 Å². The van der Waals surface area contributed by atoms with E-state index in [1.54, 1.807) is 31.5 Å². The molecule has 0 spiro atoms. The highest BCUT2D eigenvalue weighted by Gasteiger charge is 2.08. The molecule has 2 rings (SSSR count). The molecule has 2 aromatic rings. The van der Waals surface area contributed by atoms with Crippen molar-refractivity contribution >= 4 is 17.7 Å². The number of methoxy groups -OCH3 is 1. The molecule has 0 saturated carbocycles. The van der Waals surface area contributed by atoms with Gasteiger partial charge in [-0.3, -0.25) is 0 Å². The van der Waals surface area contributed by atoms with Crippen LogP contribution in [-0.2, 0) is 4.74 Å². The average Bonchev–Trinajstić information content (AvgIpc) is 2.37. The summed E-state index contributed by atoms with van der Waals surface area (Å²) < 4.78 is 18.1. The minimum Gasteiger partial charge on any atom is -0.504 e. The van der Waals surface area contributed by atoms with Crippen LogP contribution in [-0.4, -0.2) is 12.1 Å². The van der Waals surface area contributed by atoms with E-state index in [0.29, 0.717) is 10.7 Å². The number of aromatic nitrogens is 1. The minimum atomic E-state index is -0.290. The number of hydrogen-bond donors (Lipinski definition) is 0. The van der Waals surface area contributed by atoms with Crippen molar-refractivity contribution in [1.82, 2.24) is 4.98 Å². The normalized spacial score (nSPS) is 10.8. The number of nitrogens with zero attached hydrogens (tertiary/aromatic N) is 1. The molecule has 18 heavy (non-hydrogen) atoms. The Morgan fingerprint density at radius 1 is 1.33 bits per heavy atom. The molecule has 0 N–H and O–H groups in total. The molecule has 0 fully saturated rings. The maximum Gasteiger partial charge on any atom is 0.136 e. The lowest BCUT2D eigenvalue weighted by Crippen LogP contribution is -1.88. The van der Waals surface area contributed by atoms with Gasteiger partial charge in [0, 0.05) is 11.8 Å². The zero-order chi connectivity index (χ0) is 13.0. The smallest absolute Gasteiger partial charge is 0.136 e. The van der Waals surface area contributed by atoms with Crippen LogP contribution in [0.2, 0.25) is 5.15 Å². The highest BCUT2D eigenvalue weighted by Crippen LogP contribution is 2.29. The molecule has 0 bridgehead atoms. The third-order valence-electron chi connectivity index (χ3n) is 2.45. The first-order valence-electron chi connectivity index (χ1n) is 5.32. The standard InChI is InChI=1S/C14H11ClFNO/c1-18-8-6-13-12(5-7-17-14(13)15)10-3-2-4-11(16)9-10/h2-9H,1H3/b8-6+. The van der Waals surface area contributed by atoms with Crippen molar-refractivity contribution < 1.29 is 9.13 Å². The number of hydrogen-bond acceptors (Lipinski definition) is 2. The van der Waals surface area contributed by atoms with Gasteiger partial charge in [-0.15, -0.1) is 0 Å². The summed E-state index contributed by atoms with van der Waals surface area (Å²) in [6.07, 6.45) is 4.80. The number of ether oxygens (including phenoxy) is 1. The molecule has 0 unspecified atom stereocenters. The summed E-state index contributed by atoms with van der Waals surface area (Å²) in [5.41, 5.74) is 2.25. The van der Waals surface area contributed by atoms with Crippen LogP contribution in [0.25, 0.3) is 17.2 Å². The Morgan fingerprint density at radius 2 is 2.17 bits per heavy atom. The van der Waals surface area contributed by atoms with E-state index < -0.39 is 0 Å². The van der Waals surface area contributed by atoms with Gasteiger partial charge in [-0.1, -0.05) is 23.7 Å². The van der Waals surface area contributed by atoms with E-state index in [-0.39, 0.29) is 5.82 Å².